The molecule has 2 aromatic rings. The van der Waals surface area contributed by atoms with Gasteiger partial charge in [-0.1, -0.05) is 67.2 Å². The van der Waals surface area contributed by atoms with Gasteiger partial charge in [0, 0.05) is 49.8 Å². The molecule has 338 valence electrons. The van der Waals surface area contributed by atoms with Gasteiger partial charge in [-0.3, -0.25) is 4.79 Å². The van der Waals surface area contributed by atoms with Crippen LogP contribution in [0.1, 0.15) is 158 Å². The maximum absolute atomic E-state index is 13.7. The highest BCUT2D eigenvalue weighted by molar-refractivity contribution is 5.93. The van der Waals surface area contributed by atoms with Crippen molar-refractivity contribution in [2.75, 3.05) is 32.7 Å². The molecule has 0 radical (unpaired) electrons. The van der Waals surface area contributed by atoms with Crippen LogP contribution in [0.25, 0.3) is 11.5 Å². The van der Waals surface area contributed by atoms with Crippen LogP contribution in [0, 0.1) is 17.3 Å². The largest absolute Gasteiger partial charge is 0.444 e. The monoisotopic (exact) mass is 845 g/mol. The number of likely N-dealkylation sites (tertiary alicyclic amines) is 2. The van der Waals surface area contributed by atoms with Crippen molar-refractivity contribution in [3.63, 3.8) is 0 Å². The number of piperidine rings is 2. The molecule has 11 nitrogen and oxygen atoms in total. The minimum absolute atomic E-state index is 0.0486. The zero-order valence-corrected chi connectivity index (χ0v) is 39.6. The van der Waals surface area contributed by atoms with Crippen LogP contribution in [-0.4, -0.2) is 88.0 Å². The average molecular weight is 845 g/mol. The maximum Gasteiger partial charge on any atom is 0.410 e. The molecule has 3 aliphatic rings. The number of ether oxygens (including phenoxy) is 2. The van der Waals surface area contributed by atoms with E-state index in [4.69, 9.17) is 18.9 Å². The molecule has 5 rings (SSSR count). The molecule has 2 N–H and O–H groups in total. The third-order valence-corrected chi connectivity index (χ3v) is 13.8. The van der Waals surface area contributed by atoms with Gasteiger partial charge in [-0.2, -0.15) is 0 Å². The van der Waals surface area contributed by atoms with Crippen molar-refractivity contribution in [2.45, 2.75) is 169 Å². The van der Waals surface area contributed by atoms with Crippen LogP contribution in [0.4, 0.5) is 9.59 Å². The minimum Gasteiger partial charge on any atom is -0.444 e. The third kappa shape index (κ3) is 11.9. The van der Waals surface area contributed by atoms with Gasteiger partial charge in [-0.15, -0.1) is 0 Å². The Bertz CT molecular complexity index is 1940. The van der Waals surface area contributed by atoms with Crippen molar-refractivity contribution in [1.29, 1.82) is 0 Å². The van der Waals surface area contributed by atoms with Gasteiger partial charge in [-0.25, -0.2) is 14.6 Å². The van der Waals surface area contributed by atoms with Gasteiger partial charge >= 0.3 is 12.2 Å². The molecule has 0 saturated carbocycles. The van der Waals surface area contributed by atoms with Crippen molar-refractivity contribution in [3.8, 4) is 11.5 Å². The summed E-state index contributed by atoms with van der Waals surface area (Å²) in [5, 5.41) is 14.5. The standard InChI is InChI=1S/C50H76N4O7/c1-15-47(7,8)33(3)26-32(2)42(56)51-29-40(55)37-20-25-54(45(58)60-46(4,5)6)31-36(37)28-50(13,14)61-44(57)53-23-18-34(19-24-53)41-30-52-43(59-41)35-16-17-38-39(27-35)49(11,12)22-21-48(38,9)10/h16-17,26-27,30,34,36-37,40,55H,3,15,18-25,28-29,31H2,1-2,4-14H3,(H,51,56). The lowest BCUT2D eigenvalue weighted by molar-refractivity contribution is -0.118. The fourth-order valence-electron chi connectivity index (χ4n) is 9.15. The van der Waals surface area contributed by atoms with E-state index >= 15 is 0 Å². The number of nitrogens with one attached hydrogen (secondary N) is 1. The van der Waals surface area contributed by atoms with Crippen LogP contribution in [0.2, 0.25) is 0 Å². The summed E-state index contributed by atoms with van der Waals surface area (Å²) in [6.45, 7) is 32.6. The Kier molecular flexibility index (Phi) is 14.4. The fraction of sp³-hybridized carbons (Fsp3) is 0.680. The molecular weight excluding hydrogens is 769 g/mol. The van der Waals surface area contributed by atoms with Gasteiger partial charge in [0.15, 0.2) is 0 Å². The SMILES string of the molecule is C=C(C=C(C)C(=O)NCC(O)C1CCN(C(=O)OC(C)(C)C)CC1CC(C)(C)OC(=O)N1CCC(c2cnc(-c3ccc4c(c3)C(C)(C)CCC4(C)C)o2)CC1)C(C)(C)CC. The van der Waals surface area contributed by atoms with E-state index in [1.54, 1.807) is 16.7 Å². The van der Waals surface area contributed by atoms with E-state index in [-0.39, 0.29) is 52.5 Å². The summed E-state index contributed by atoms with van der Waals surface area (Å²) in [6.07, 6.45) is 7.51. The zero-order chi connectivity index (χ0) is 45.3. The quantitative estimate of drug-likeness (QED) is 0.159. The summed E-state index contributed by atoms with van der Waals surface area (Å²) in [5.74, 6) is 0.833. The number of amides is 3. The van der Waals surface area contributed by atoms with E-state index in [9.17, 15) is 19.5 Å². The maximum atomic E-state index is 13.7. The number of aliphatic hydroxyl groups is 1. The van der Waals surface area contributed by atoms with Gasteiger partial charge < -0.3 is 34.1 Å². The summed E-state index contributed by atoms with van der Waals surface area (Å²) in [6, 6.07) is 6.65. The lowest BCUT2D eigenvalue weighted by Gasteiger charge is -2.43. The molecule has 61 heavy (non-hydrogen) atoms. The first kappa shape index (κ1) is 47.9. The normalized spacial score (nSPS) is 21.6. The molecule has 3 heterocycles. The highest BCUT2D eigenvalue weighted by Crippen LogP contribution is 2.47. The molecule has 1 aromatic carbocycles. The lowest BCUT2D eigenvalue weighted by atomic mass is 9.63. The summed E-state index contributed by atoms with van der Waals surface area (Å²) in [5.41, 5.74) is 3.67. The number of hydrogen-bond acceptors (Lipinski definition) is 8. The summed E-state index contributed by atoms with van der Waals surface area (Å²) < 4.78 is 18.3. The Morgan fingerprint density at radius 1 is 0.951 bits per heavy atom. The number of benzene rings is 1. The molecular formula is C50H76N4O7. The second-order valence-electron chi connectivity index (χ2n) is 21.7. The second kappa shape index (κ2) is 18.3. The summed E-state index contributed by atoms with van der Waals surface area (Å²) in [4.78, 5) is 48.2. The molecule has 3 amide bonds. The molecule has 0 bridgehead atoms. The number of nitrogens with zero attached hydrogens (tertiary/aromatic N) is 3. The number of fused-ring (bicyclic) bond motifs is 1. The minimum atomic E-state index is -0.916. The molecule has 3 atom stereocenters. The summed E-state index contributed by atoms with van der Waals surface area (Å²) in [7, 11) is 0. The Hall–Kier alpha value is -4.12. The molecule has 2 fully saturated rings. The Morgan fingerprint density at radius 3 is 2.18 bits per heavy atom. The molecule has 0 spiro atoms. The first-order chi connectivity index (χ1) is 28.2. The number of aromatic nitrogens is 1. The highest BCUT2D eigenvalue weighted by Gasteiger charge is 2.42. The van der Waals surface area contributed by atoms with Crippen LogP contribution in [-0.2, 0) is 25.1 Å². The molecule has 1 aliphatic carbocycles. The summed E-state index contributed by atoms with van der Waals surface area (Å²) >= 11 is 0. The van der Waals surface area contributed by atoms with Crippen LogP contribution >= 0.6 is 0 Å². The van der Waals surface area contributed by atoms with E-state index in [0.29, 0.717) is 50.5 Å². The number of carbonyl (C=O) groups excluding carboxylic acids is 3. The van der Waals surface area contributed by atoms with E-state index < -0.39 is 23.4 Å². The molecule has 3 unspecified atom stereocenters. The van der Waals surface area contributed by atoms with E-state index in [1.165, 1.54) is 11.1 Å². The van der Waals surface area contributed by atoms with Gasteiger partial charge in [0.05, 0.1) is 12.3 Å². The van der Waals surface area contributed by atoms with Crippen LogP contribution in [0.3, 0.4) is 0 Å². The van der Waals surface area contributed by atoms with Gasteiger partial charge in [-0.05, 0) is 143 Å². The molecule has 2 saturated heterocycles. The fourth-order valence-corrected chi connectivity index (χ4v) is 9.15. The van der Waals surface area contributed by atoms with Crippen molar-refractivity contribution in [3.05, 3.63) is 65.1 Å². The van der Waals surface area contributed by atoms with Crippen molar-refractivity contribution in [2.24, 2.45) is 17.3 Å². The van der Waals surface area contributed by atoms with Gasteiger partial charge in [0.2, 0.25) is 11.8 Å². The highest BCUT2D eigenvalue weighted by atomic mass is 16.6. The van der Waals surface area contributed by atoms with Crippen LogP contribution in [0.15, 0.2) is 52.6 Å². The number of allylic oxidation sites excluding steroid dienone is 2. The number of rotatable bonds is 12. The van der Waals surface area contributed by atoms with Crippen LogP contribution < -0.4 is 5.32 Å². The second-order valence-corrected chi connectivity index (χ2v) is 21.7. The Balaban J connectivity index is 1.20. The number of oxazole rings is 1. The predicted molar refractivity (Wildman–Crippen MR) is 241 cm³/mol. The topological polar surface area (TPSA) is 134 Å². The zero-order valence-electron chi connectivity index (χ0n) is 39.6. The van der Waals surface area contributed by atoms with Crippen LogP contribution in [0.5, 0.6) is 0 Å². The van der Waals surface area contributed by atoms with E-state index in [2.05, 4.69) is 78.6 Å². The number of hydrogen-bond donors (Lipinski definition) is 2. The number of carbonyl (C=O) groups is 3. The van der Waals surface area contributed by atoms with E-state index in [0.717, 1.165) is 49.0 Å². The predicted octanol–water partition coefficient (Wildman–Crippen LogP) is 10.5. The van der Waals surface area contributed by atoms with E-state index in [1.807, 2.05) is 46.9 Å². The van der Waals surface area contributed by atoms with Crippen molar-refractivity contribution < 1.29 is 33.4 Å². The lowest BCUT2D eigenvalue weighted by Crippen LogP contribution is -2.52. The Labute approximate surface area is 366 Å². The molecule has 2 aliphatic heterocycles. The van der Waals surface area contributed by atoms with Crippen molar-refractivity contribution in [1.82, 2.24) is 20.1 Å². The average Bonchev–Trinajstić information content (AvgIpc) is 3.68. The van der Waals surface area contributed by atoms with Crippen molar-refractivity contribution >= 4 is 18.1 Å². The van der Waals surface area contributed by atoms with Gasteiger partial charge in [0.25, 0.3) is 0 Å². The molecule has 11 heteroatoms. The first-order valence-corrected chi connectivity index (χ1v) is 22.6. The molecule has 1 aromatic heterocycles. The third-order valence-electron chi connectivity index (χ3n) is 13.8. The first-order valence-electron chi connectivity index (χ1n) is 22.6. The smallest absolute Gasteiger partial charge is 0.410 e. The Morgan fingerprint density at radius 2 is 1.56 bits per heavy atom. The van der Waals surface area contributed by atoms with Gasteiger partial charge in [0.1, 0.15) is 17.0 Å². The number of aliphatic hydroxyl groups excluding tert-OH is 1.